The van der Waals surface area contributed by atoms with Gasteiger partial charge >= 0.3 is 5.97 Å². The summed E-state index contributed by atoms with van der Waals surface area (Å²) in [6.07, 6.45) is 4.01. The quantitative estimate of drug-likeness (QED) is 0.858. The first kappa shape index (κ1) is 16.6. The molecular formula is C16H22N4O4. The molecule has 8 nitrogen and oxygen atoms in total. The zero-order valence-electron chi connectivity index (χ0n) is 13.9. The number of hydrogen-bond acceptors (Lipinski definition) is 7. The SMILES string of the molecule is CC(C)Cc1noc(C2CCCN(Cc3nc(C(=O)O)co3)C2)n1. The highest BCUT2D eigenvalue weighted by molar-refractivity contribution is 5.84. The van der Waals surface area contributed by atoms with Crippen molar-refractivity contribution < 1.29 is 18.8 Å². The Morgan fingerprint density at radius 2 is 2.29 bits per heavy atom. The Balaban J connectivity index is 1.61. The zero-order chi connectivity index (χ0) is 17.1. The van der Waals surface area contributed by atoms with Crippen LogP contribution in [0.15, 0.2) is 15.2 Å². The number of oxazole rings is 1. The molecule has 3 heterocycles. The van der Waals surface area contributed by atoms with Crippen molar-refractivity contribution in [2.45, 2.75) is 45.6 Å². The minimum Gasteiger partial charge on any atom is -0.476 e. The summed E-state index contributed by atoms with van der Waals surface area (Å²) in [6, 6.07) is 0. The molecule has 130 valence electrons. The number of hydrogen-bond donors (Lipinski definition) is 1. The largest absolute Gasteiger partial charge is 0.476 e. The Kier molecular flexibility index (Phi) is 4.94. The number of carboxylic acid groups (broad SMARTS) is 1. The third-order valence-electron chi connectivity index (χ3n) is 4.06. The summed E-state index contributed by atoms with van der Waals surface area (Å²) in [5.41, 5.74) is -0.0613. The second-order valence-electron chi connectivity index (χ2n) is 6.65. The van der Waals surface area contributed by atoms with Crippen molar-refractivity contribution in [3.8, 4) is 0 Å². The number of piperidine rings is 1. The first-order chi connectivity index (χ1) is 11.5. The Hall–Kier alpha value is -2.22. The molecule has 1 saturated heterocycles. The van der Waals surface area contributed by atoms with Crippen molar-refractivity contribution in [2.75, 3.05) is 13.1 Å². The maximum Gasteiger partial charge on any atom is 0.357 e. The summed E-state index contributed by atoms with van der Waals surface area (Å²) in [4.78, 5) is 21.5. The van der Waals surface area contributed by atoms with E-state index >= 15 is 0 Å². The number of rotatable bonds is 6. The van der Waals surface area contributed by atoms with E-state index < -0.39 is 5.97 Å². The third kappa shape index (κ3) is 4.00. The summed E-state index contributed by atoms with van der Waals surface area (Å²) >= 11 is 0. The Morgan fingerprint density at radius 1 is 1.46 bits per heavy atom. The second-order valence-corrected chi connectivity index (χ2v) is 6.65. The van der Waals surface area contributed by atoms with E-state index in [9.17, 15) is 4.79 Å². The van der Waals surface area contributed by atoms with E-state index in [4.69, 9.17) is 14.0 Å². The van der Waals surface area contributed by atoms with E-state index in [-0.39, 0.29) is 11.6 Å². The molecule has 1 atom stereocenters. The molecule has 0 amide bonds. The van der Waals surface area contributed by atoms with Gasteiger partial charge in [-0.05, 0) is 25.3 Å². The van der Waals surface area contributed by atoms with Crippen LogP contribution in [0.3, 0.4) is 0 Å². The van der Waals surface area contributed by atoms with Crippen LogP contribution < -0.4 is 0 Å². The van der Waals surface area contributed by atoms with Gasteiger partial charge in [0, 0.05) is 13.0 Å². The lowest BCUT2D eigenvalue weighted by Gasteiger charge is -2.29. The van der Waals surface area contributed by atoms with E-state index in [1.54, 1.807) is 0 Å². The van der Waals surface area contributed by atoms with Crippen LogP contribution in [0.25, 0.3) is 0 Å². The molecule has 1 N–H and O–H groups in total. The van der Waals surface area contributed by atoms with Crippen molar-refractivity contribution in [1.82, 2.24) is 20.0 Å². The highest BCUT2D eigenvalue weighted by Gasteiger charge is 2.27. The summed E-state index contributed by atoms with van der Waals surface area (Å²) in [6.45, 7) is 6.42. The third-order valence-corrected chi connectivity index (χ3v) is 4.06. The van der Waals surface area contributed by atoms with E-state index in [0.29, 0.717) is 24.2 Å². The maximum absolute atomic E-state index is 10.9. The Bertz CT molecular complexity index is 694. The average molecular weight is 334 g/mol. The molecular weight excluding hydrogens is 312 g/mol. The minimum atomic E-state index is -1.08. The van der Waals surface area contributed by atoms with Crippen LogP contribution in [0.2, 0.25) is 0 Å². The highest BCUT2D eigenvalue weighted by Crippen LogP contribution is 2.26. The average Bonchev–Trinajstić information content (AvgIpc) is 3.16. The van der Waals surface area contributed by atoms with Crippen LogP contribution in [0.4, 0.5) is 0 Å². The molecule has 2 aromatic rings. The number of aromatic nitrogens is 3. The lowest BCUT2D eigenvalue weighted by Crippen LogP contribution is -2.34. The fraction of sp³-hybridized carbons (Fsp3) is 0.625. The molecule has 3 rings (SSSR count). The monoisotopic (exact) mass is 334 g/mol. The lowest BCUT2D eigenvalue weighted by atomic mass is 9.98. The lowest BCUT2D eigenvalue weighted by molar-refractivity contribution is 0.0690. The number of carbonyl (C=O) groups is 1. The molecule has 0 aliphatic carbocycles. The van der Waals surface area contributed by atoms with Crippen LogP contribution in [-0.2, 0) is 13.0 Å². The van der Waals surface area contributed by atoms with E-state index in [1.165, 1.54) is 6.26 Å². The van der Waals surface area contributed by atoms with Crippen molar-refractivity contribution in [3.63, 3.8) is 0 Å². The molecule has 0 spiro atoms. The normalized spacial score (nSPS) is 19.0. The standard InChI is InChI=1S/C16H22N4O4/c1-10(2)6-13-18-15(24-19-13)11-4-3-5-20(7-11)8-14-17-12(9-23-14)16(21)22/h9-11H,3-8H2,1-2H3,(H,21,22). The fourth-order valence-electron chi connectivity index (χ4n) is 2.96. The molecule has 1 aliphatic heterocycles. The highest BCUT2D eigenvalue weighted by atomic mass is 16.5. The Labute approximate surface area is 139 Å². The maximum atomic E-state index is 10.9. The van der Waals surface area contributed by atoms with Gasteiger partial charge in [-0.2, -0.15) is 4.98 Å². The zero-order valence-corrected chi connectivity index (χ0v) is 13.9. The van der Waals surface area contributed by atoms with Gasteiger partial charge in [0.1, 0.15) is 6.26 Å². The number of likely N-dealkylation sites (tertiary alicyclic amines) is 1. The van der Waals surface area contributed by atoms with Crippen molar-refractivity contribution in [2.24, 2.45) is 5.92 Å². The molecule has 0 saturated carbocycles. The van der Waals surface area contributed by atoms with E-state index in [0.717, 1.165) is 38.2 Å². The van der Waals surface area contributed by atoms with Crippen molar-refractivity contribution in [3.05, 3.63) is 29.6 Å². The topological polar surface area (TPSA) is 105 Å². The van der Waals surface area contributed by atoms with Gasteiger partial charge in [0.05, 0.1) is 12.5 Å². The summed E-state index contributed by atoms with van der Waals surface area (Å²) in [7, 11) is 0. The molecule has 0 radical (unpaired) electrons. The van der Waals surface area contributed by atoms with Crippen molar-refractivity contribution in [1.29, 1.82) is 0 Å². The number of aromatic carboxylic acids is 1. The summed E-state index contributed by atoms with van der Waals surface area (Å²) < 4.78 is 10.7. The van der Waals surface area contributed by atoms with Crippen LogP contribution in [0.5, 0.6) is 0 Å². The molecule has 8 heteroatoms. The molecule has 24 heavy (non-hydrogen) atoms. The predicted octanol–water partition coefficient (Wildman–Crippen LogP) is 2.33. The molecule has 1 fully saturated rings. The molecule has 0 aromatic carbocycles. The van der Waals surface area contributed by atoms with Gasteiger partial charge in [0.15, 0.2) is 11.5 Å². The first-order valence-electron chi connectivity index (χ1n) is 8.23. The van der Waals surface area contributed by atoms with Gasteiger partial charge in [-0.1, -0.05) is 19.0 Å². The van der Waals surface area contributed by atoms with Gasteiger partial charge in [-0.25, -0.2) is 9.78 Å². The molecule has 1 unspecified atom stereocenters. The number of carboxylic acids is 1. The first-order valence-corrected chi connectivity index (χ1v) is 8.23. The predicted molar refractivity (Wildman–Crippen MR) is 83.6 cm³/mol. The van der Waals surface area contributed by atoms with Crippen LogP contribution in [0, 0.1) is 5.92 Å². The molecule has 2 aromatic heterocycles. The summed E-state index contributed by atoms with van der Waals surface area (Å²) in [5.74, 6) is 1.47. The van der Waals surface area contributed by atoms with Gasteiger partial charge in [-0.3, -0.25) is 4.90 Å². The Morgan fingerprint density at radius 3 is 3.00 bits per heavy atom. The minimum absolute atomic E-state index is 0.0613. The van der Waals surface area contributed by atoms with E-state index in [1.807, 2.05) is 0 Å². The molecule has 0 bridgehead atoms. The van der Waals surface area contributed by atoms with Gasteiger partial charge in [0.2, 0.25) is 11.8 Å². The van der Waals surface area contributed by atoms with Gasteiger partial charge in [-0.15, -0.1) is 0 Å². The van der Waals surface area contributed by atoms with Gasteiger partial charge in [0.25, 0.3) is 0 Å². The van der Waals surface area contributed by atoms with E-state index in [2.05, 4.69) is 33.9 Å². The smallest absolute Gasteiger partial charge is 0.357 e. The van der Waals surface area contributed by atoms with Crippen LogP contribution in [0.1, 0.15) is 60.7 Å². The fourth-order valence-corrected chi connectivity index (χ4v) is 2.96. The van der Waals surface area contributed by atoms with Gasteiger partial charge < -0.3 is 14.0 Å². The molecule has 1 aliphatic rings. The van der Waals surface area contributed by atoms with Crippen molar-refractivity contribution >= 4 is 5.97 Å². The number of nitrogens with zero attached hydrogens (tertiary/aromatic N) is 4. The summed E-state index contributed by atoms with van der Waals surface area (Å²) in [5, 5.41) is 13.0. The van der Waals surface area contributed by atoms with Crippen LogP contribution >= 0.6 is 0 Å². The second kappa shape index (κ2) is 7.12. The van der Waals surface area contributed by atoms with Crippen LogP contribution in [-0.4, -0.2) is 44.2 Å².